The van der Waals surface area contributed by atoms with Gasteiger partial charge in [0.05, 0.1) is 0 Å². The van der Waals surface area contributed by atoms with Crippen LogP contribution < -0.4 is 5.32 Å². The molecule has 1 aliphatic rings. The smallest absolute Gasteiger partial charge is 0.329 e. The molecule has 104 valence electrons. The Morgan fingerprint density at radius 3 is 2.37 bits per heavy atom. The van der Waals surface area contributed by atoms with Gasteiger partial charge in [0.2, 0.25) is 0 Å². The lowest BCUT2D eigenvalue weighted by molar-refractivity contribution is -0.144. The number of hydrogen-bond acceptors (Lipinski definition) is 2. The first kappa shape index (κ1) is 13.8. The molecule has 0 bridgehead atoms. The molecule has 1 atom stereocenters. The summed E-state index contributed by atoms with van der Waals surface area (Å²) in [6.45, 7) is 1.73. The average molecular weight is 265 g/mol. The minimum absolute atomic E-state index is 0.115. The van der Waals surface area contributed by atoms with Crippen molar-refractivity contribution in [3.05, 3.63) is 30.1 Å². The topological polar surface area (TPSA) is 49.3 Å². The van der Waals surface area contributed by atoms with Gasteiger partial charge < -0.3 is 10.4 Å². The highest BCUT2D eigenvalue weighted by molar-refractivity contribution is 5.82. The van der Waals surface area contributed by atoms with E-state index in [-0.39, 0.29) is 11.7 Å². The standard InChI is InChI=1S/C15H20FNO2/c1-15(14(18)19,11-5-3-2-4-6-11)17-13-9-7-12(16)8-10-13/h7-11,17H,2-6H2,1H3,(H,18,19). The second-order valence-electron chi connectivity index (χ2n) is 5.47. The summed E-state index contributed by atoms with van der Waals surface area (Å²) in [6.07, 6.45) is 5.20. The first-order valence-electron chi connectivity index (χ1n) is 6.79. The molecule has 1 aromatic rings. The van der Waals surface area contributed by atoms with E-state index in [0.717, 1.165) is 25.7 Å². The molecule has 0 heterocycles. The van der Waals surface area contributed by atoms with Crippen LogP contribution in [0.4, 0.5) is 10.1 Å². The van der Waals surface area contributed by atoms with Gasteiger partial charge in [0.15, 0.2) is 0 Å². The highest BCUT2D eigenvalue weighted by Crippen LogP contribution is 2.35. The van der Waals surface area contributed by atoms with Crippen LogP contribution in [0.2, 0.25) is 0 Å². The molecule has 3 nitrogen and oxygen atoms in total. The summed E-state index contributed by atoms with van der Waals surface area (Å²) in [4.78, 5) is 11.7. The third-order valence-corrected chi connectivity index (χ3v) is 4.11. The molecule has 1 fully saturated rings. The maximum Gasteiger partial charge on any atom is 0.329 e. The molecule has 1 aromatic carbocycles. The van der Waals surface area contributed by atoms with Crippen LogP contribution >= 0.6 is 0 Å². The van der Waals surface area contributed by atoms with Crippen molar-refractivity contribution in [1.82, 2.24) is 0 Å². The highest BCUT2D eigenvalue weighted by atomic mass is 19.1. The predicted molar refractivity (Wildman–Crippen MR) is 72.6 cm³/mol. The summed E-state index contributed by atoms with van der Waals surface area (Å²) < 4.78 is 12.9. The second kappa shape index (κ2) is 5.59. The Bertz CT molecular complexity index is 440. The monoisotopic (exact) mass is 265 g/mol. The van der Waals surface area contributed by atoms with Gasteiger partial charge in [0, 0.05) is 5.69 Å². The summed E-state index contributed by atoms with van der Waals surface area (Å²) in [5.41, 5.74) is -0.338. The van der Waals surface area contributed by atoms with Crippen molar-refractivity contribution >= 4 is 11.7 Å². The number of anilines is 1. The van der Waals surface area contributed by atoms with Crippen LogP contribution in [-0.2, 0) is 4.79 Å². The molecule has 0 aromatic heterocycles. The molecule has 4 heteroatoms. The Balaban J connectivity index is 2.18. The second-order valence-corrected chi connectivity index (χ2v) is 5.47. The van der Waals surface area contributed by atoms with Gasteiger partial charge in [-0.2, -0.15) is 0 Å². The van der Waals surface area contributed by atoms with E-state index < -0.39 is 11.5 Å². The van der Waals surface area contributed by atoms with Gasteiger partial charge in [-0.25, -0.2) is 9.18 Å². The van der Waals surface area contributed by atoms with E-state index in [1.807, 2.05) is 0 Å². The maximum absolute atomic E-state index is 12.9. The van der Waals surface area contributed by atoms with Crippen LogP contribution in [-0.4, -0.2) is 16.6 Å². The first-order chi connectivity index (χ1) is 9.02. The number of aliphatic carboxylic acids is 1. The number of benzene rings is 1. The van der Waals surface area contributed by atoms with Crippen molar-refractivity contribution < 1.29 is 14.3 Å². The molecule has 1 aliphatic carbocycles. The molecular formula is C15H20FNO2. The van der Waals surface area contributed by atoms with Gasteiger partial charge in [0.25, 0.3) is 0 Å². The van der Waals surface area contributed by atoms with Crippen LogP contribution in [0.3, 0.4) is 0 Å². The van der Waals surface area contributed by atoms with Gasteiger partial charge in [-0.15, -0.1) is 0 Å². The van der Waals surface area contributed by atoms with Crippen LogP contribution in [0.15, 0.2) is 24.3 Å². The van der Waals surface area contributed by atoms with E-state index in [4.69, 9.17) is 0 Å². The van der Waals surface area contributed by atoms with Gasteiger partial charge in [-0.05, 0) is 49.9 Å². The lowest BCUT2D eigenvalue weighted by atomic mass is 9.75. The molecule has 1 unspecified atom stereocenters. The third-order valence-electron chi connectivity index (χ3n) is 4.11. The number of nitrogens with one attached hydrogen (secondary N) is 1. The first-order valence-corrected chi connectivity index (χ1v) is 6.79. The molecule has 0 saturated heterocycles. The molecule has 1 saturated carbocycles. The zero-order valence-corrected chi connectivity index (χ0v) is 11.2. The Labute approximate surface area is 112 Å². The predicted octanol–water partition coefficient (Wildman–Crippen LogP) is 3.66. The number of carboxylic acids is 1. The summed E-state index contributed by atoms with van der Waals surface area (Å²) in [7, 11) is 0. The van der Waals surface area contributed by atoms with E-state index in [2.05, 4.69) is 5.32 Å². The molecule has 0 aliphatic heterocycles. The number of halogens is 1. The lowest BCUT2D eigenvalue weighted by Crippen LogP contribution is -2.50. The Hall–Kier alpha value is -1.58. The molecule has 0 spiro atoms. The van der Waals surface area contributed by atoms with Crippen molar-refractivity contribution in [2.75, 3.05) is 5.32 Å². The summed E-state index contributed by atoms with van der Waals surface area (Å²) in [5, 5.41) is 12.6. The third kappa shape index (κ3) is 3.06. The molecule has 0 radical (unpaired) electrons. The minimum atomic E-state index is -0.988. The van der Waals surface area contributed by atoms with Gasteiger partial charge in [-0.1, -0.05) is 19.3 Å². The van der Waals surface area contributed by atoms with Crippen LogP contribution in [0.1, 0.15) is 39.0 Å². The van der Waals surface area contributed by atoms with E-state index in [0.29, 0.717) is 5.69 Å². The van der Waals surface area contributed by atoms with Crippen molar-refractivity contribution in [3.8, 4) is 0 Å². The van der Waals surface area contributed by atoms with Crippen molar-refractivity contribution in [3.63, 3.8) is 0 Å². The summed E-state index contributed by atoms with van der Waals surface area (Å²) in [6, 6.07) is 5.84. The van der Waals surface area contributed by atoms with Crippen LogP contribution in [0.25, 0.3) is 0 Å². The molecule has 19 heavy (non-hydrogen) atoms. The van der Waals surface area contributed by atoms with E-state index in [1.54, 1.807) is 19.1 Å². The van der Waals surface area contributed by atoms with Crippen molar-refractivity contribution in [2.45, 2.75) is 44.6 Å². The number of hydrogen-bond donors (Lipinski definition) is 2. The fraction of sp³-hybridized carbons (Fsp3) is 0.533. The normalized spacial score (nSPS) is 19.7. The molecule has 2 rings (SSSR count). The van der Waals surface area contributed by atoms with Gasteiger partial charge >= 0.3 is 5.97 Å². The van der Waals surface area contributed by atoms with Crippen LogP contribution in [0.5, 0.6) is 0 Å². The Morgan fingerprint density at radius 1 is 1.26 bits per heavy atom. The zero-order chi connectivity index (χ0) is 13.9. The van der Waals surface area contributed by atoms with E-state index in [9.17, 15) is 14.3 Å². The average Bonchev–Trinajstić information content (AvgIpc) is 2.42. The van der Waals surface area contributed by atoms with Gasteiger partial charge in [0.1, 0.15) is 11.4 Å². The molecule has 0 amide bonds. The number of carbonyl (C=O) groups is 1. The van der Waals surface area contributed by atoms with Crippen LogP contribution in [0, 0.1) is 11.7 Å². The summed E-state index contributed by atoms with van der Waals surface area (Å²) in [5.74, 6) is -1.05. The molecule has 2 N–H and O–H groups in total. The highest BCUT2D eigenvalue weighted by Gasteiger charge is 2.41. The van der Waals surface area contributed by atoms with Crippen molar-refractivity contribution in [2.24, 2.45) is 5.92 Å². The SMILES string of the molecule is CC(Nc1ccc(F)cc1)(C(=O)O)C1CCCCC1. The fourth-order valence-electron chi connectivity index (χ4n) is 2.84. The molecular weight excluding hydrogens is 245 g/mol. The van der Waals surface area contributed by atoms with E-state index >= 15 is 0 Å². The maximum atomic E-state index is 12.9. The Kier molecular flexibility index (Phi) is 4.08. The Morgan fingerprint density at radius 2 is 1.84 bits per heavy atom. The van der Waals surface area contributed by atoms with E-state index in [1.165, 1.54) is 18.6 Å². The minimum Gasteiger partial charge on any atom is -0.480 e. The van der Waals surface area contributed by atoms with Crippen molar-refractivity contribution in [1.29, 1.82) is 0 Å². The quantitative estimate of drug-likeness (QED) is 0.873. The summed E-state index contributed by atoms with van der Waals surface area (Å²) >= 11 is 0. The van der Waals surface area contributed by atoms with Gasteiger partial charge in [-0.3, -0.25) is 0 Å². The number of carboxylic acid groups (broad SMARTS) is 1. The lowest BCUT2D eigenvalue weighted by Gasteiger charge is -2.37. The fourth-order valence-corrected chi connectivity index (χ4v) is 2.84. The number of rotatable bonds is 4. The largest absolute Gasteiger partial charge is 0.480 e. The zero-order valence-electron chi connectivity index (χ0n) is 11.2.